The Morgan fingerprint density at radius 1 is 1.00 bits per heavy atom. The Kier molecular flexibility index (Phi) is 8.16. The molecular weight excluding hydrogens is 232 g/mol. The standard InChI is InChI=1S/C13H26N2O3/c1-9(2)5-11(6-12(16)17)8-15-13(18)14-7-10(3)4/h9-11H,5-8H2,1-4H3,(H,16,17)(H2,14,15,18)/t11-/m0/s1. The van der Waals surface area contributed by atoms with Gasteiger partial charge in [0.2, 0.25) is 0 Å². The average molecular weight is 258 g/mol. The molecule has 0 aliphatic rings. The number of nitrogens with one attached hydrogen (secondary N) is 2. The monoisotopic (exact) mass is 258 g/mol. The highest BCUT2D eigenvalue weighted by atomic mass is 16.4. The van der Waals surface area contributed by atoms with E-state index in [1.54, 1.807) is 0 Å². The van der Waals surface area contributed by atoms with E-state index in [1.165, 1.54) is 0 Å². The predicted octanol–water partition coefficient (Wildman–Crippen LogP) is 2.08. The zero-order valence-electron chi connectivity index (χ0n) is 11.8. The van der Waals surface area contributed by atoms with Gasteiger partial charge in [-0.2, -0.15) is 0 Å². The third-order valence-electron chi connectivity index (χ3n) is 2.49. The third kappa shape index (κ3) is 9.93. The van der Waals surface area contributed by atoms with Gasteiger partial charge in [-0.3, -0.25) is 4.79 Å². The summed E-state index contributed by atoms with van der Waals surface area (Å²) in [7, 11) is 0. The smallest absolute Gasteiger partial charge is 0.314 e. The second-order valence-corrected chi connectivity index (χ2v) is 5.58. The highest BCUT2D eigenvalue weighted by molar-refractivity contribution is 5.74. The van der Waals surface area contributed by atoms with Crippen LogP contribution >= 0.6 is 0 Å². The molecule has 0 saturated heterocycles. The van der Waals surface area contributed by atoms with E-state index < -0.39 is 5.97 Å². The first-order valence-corrected chi connectivity index (χ1v) is 6.54. The van der Waals surface area contributed by atoms with Crippen molar-refractivity contribution in [2.75, 3.05) is 13.1 Å². The Bertz CT molecular complexity index is 265. The van der Waals surface area contributed by atoms with Crippen LogP contribution in [0.15, 0.2) is 0 Å². The summed E-state index contributed by atoms with van der Waals surface area (Å²) in [5.74, 6) is 0.00782. The molecule has 0 bridgehead atoms. The van der Waals surface area contributed by atoms with Gasteiger partial charge in [-0.15, -0.1) is 0 Å². The predicted molar refractivity (Wildman–Crippen MR) is 71.4 cm³/mol. The average Bonchev–Trinajstić information content (AvgIpc) is 2.21. The molecule has 1 atom stereocenters. The molecular formula is C13H26N2O3. The maximum Gasteiger partial charge on any atom is 0.314 e. The summed E-state index contributed by atoms with van der Waals surface area (Å²) < 4.78 is 0. The van der Waals surface area contributed by atoms with Crippen molar-refractivity contribution in [3.63, 3.8) is 0 Å². The van der Waals surface area contributed by atoms with Crippen LogP contribution in [-0.2, 0) is 4.79 Å². The van der Waals surface area contributed by atoms with Crippen LogP contribution in [0.1, 0.15) is 40.5 Å². The molecule has 0 aliphatic carbocycles. The first-order chi connectivity index (χ1) is 8.31. The van der Waals surface area contributed by atoms with Gasteiger partial charge in [0.25, 0.3) is 0 Å². The largest absolute Gasteiger partial charge is 0.481 e. The number of aliphatic carboxylic acids is 1. The van der Waals surface area contributed by atoms with Crippen LogP contribution in [0.3, 0.4) is 0 Å². The molecule has 5 heteroatoms. The summed E-state index contributed by atoms with van der Waals surface area (Å²) >= 11 is 0. The molecule has 0 heterocycles. The normalized spacial score (nSPS) is 12.6. The molecule has 106 valence electrons. The van der Waals surface area contributed by atoms with Crippen molar-refractivity contribution in [3.05, 3.63) is 0 Å². The van der Waals surface area contributed by atoms with Crippen molar-refractivity contribution < 1.29 is 14.7 Å². The number of carbonyl (C=O) groups excluding carboxylic acids is 1. The fraction of sp³-hybridized carbons (Fsp3) is 0.846. The number of hydrogen-bond donors (Lipinski definition) is 3. The summed E-state index contributed by atoms with van der Waals surface area (Å²) in [6, 6.07) is -0.220. The Morgan fingerprint density at radius 2 is 1.56 bits per heavy atom. The van der Waals surface area contributed by atoms with Crippen LogP contribution in [-0.4, -0.2) is 30.2 Å². The molecule has 0 fully saturated rings. The lowest BCUT2D eigenvalue weighted by Crippen LogP contribution is -2.40. The number of carbonyl (C=O) groups is 2. The van der Waals surface area contributed by atoms with Crippen molar-refractivity contribution in [2.24, 2.45) is 17.8 Å². The first-order valence-electron chi connectivity index (χ1n) is 6.54. The lowest BCUT2D eigenvalue weighted by molar-refractivity contribution is -0.138. The fourth-order valence-corrected chi connectivity index (χ4v) is 1.75. The Balaban J connectivity index is 4.00. The molecule has 0 aromatic rings. The molecule has 0 aliphatic heterocycles. The van der Waals surface area contributed by atoms with Crippen molar-refractivity contribution in [1.82, 2.24) is 10.6 Å². The number of carboxylic acid groups (broad SMARTS) is 1. The highest BCUT2D eigenvalue weighted by Gasteiger charge is 2.15. The minimum Gasteiger partial charge on any atom is -0.481 e. The number of carboxylic acids is 1. The van der Waals surface area contributed by atoms with Gasteiger partial charge in [0.05, 0.1) is 0 Å². The van der Waals surface area contributed by atoms with Crippen LogP contribution < -0.4 is 10.6 Å². The SMILES string of the molecule is CC(C)CNC(=O)NC[C@H](CC(=O)O)CC(C)C. The zero-order chi connectivity index (χ0) is 14.1. The number of hydrogen-bond acceptors (Lipinski definition) is 2. The van der Waals surface area contributed by atoms with Gasteiger partial charge in [0.15, 0.2) is 0 Å². The lowest BCUT2D eigenvalue weighted by atomic mass is 9.94. The molecule has 0 radical (unpaired) electrons. The Morgan fingerprint density at radius 3 is 2.00 bits per heavy atom. The van der Waals surface area contributed by atoms with E-state index >= 15 is 0 Å². The van der Waals surface area contributed by atoms with Gasteiger partial charge in [-0.05, 0) is 24.2 Å². The maximum atomic E-state index is 11.5. The van der Waals surface area contributed by atoms with E-state index in [-0.39, 0.29) is 18.4 Å². The van der Waals surface area contributed by atoms with Crippen molar-refractivity contribution in [1.29, 1.82) is 0 Å². The van der Waals surface area contributed by atoms with Gasteiger partial charge in [-0.25, -0.2) is 4.79 Å². The van der Waals surface area contributed by atoms with Gasteiger partial charge in [0, 0.05) is 19.5 Å². The summed E-state index contributed by atoms with van der Waals surface area (Å²) in [6.45, 7) is 9.17. The molecule has 0 saturated carbocycles. The third-order valence-corrected chi connectivity index (χ3v) is 2.49. The Labute approximate surface area is 109 Å². The van der Waals surface area contributed by atoms with Crippen LogP contribution in [0.5, 0.6) is 0 Å². The quantitative estimate of drug-likeness (QED) is 0.623. The van der Waals surface area contributed by atoms with E-state index in [4.69, 9.17) is 5.11 Å². The first kappa shape index (κ1) is 16.7. The topological polar surface area (TPSA) is 78.4 Å². The van der Waals surface area contributed by atoms with E-state index in [0.717, 1.165) is 6.42 Å². The van der Waals surface area contributed by atoms with Crippen LogP contribution in [0.4, 0.5) is 4.79 Å². The molecule has 5 nitrogen and oxygen atoms in total. The zero-order valence-corrected chi connectivity index (χ0v) is 11.8. The highest BCUT2D eigenvalue weighted by Crippen LogP contribution is 2.14. The number of amides is 2. The molecule has 0 unspecified atom stereocenters. The van der Waals surface area contributed by atoms with Crippen molar-refractivity contribution in [2.45, 2.75) is 40.5 Å². The van der Waals surface area contributed by atoms with Gasteiger partial charge in [-0.1, -0.05) is 27.7 Å². The van der Waals surface area contributed by atoms with Crippen LogP contribution in [0, 0.1) is 17.8 Å². The molecule has 3 N–H and O–H groups in total. The molecule has 18 heavy (non-hydrogen) atoms. The van der Waals surface area contributed by atoms with E-state index in [1.807, 2.05) is 27.7 Å². The van der Waals surface area contributed by atoms with Crippen LogP contribution in [0.25, 0.3) is 0 Å². The second kappa shape index (κ2) is 8.78. The van der Waals surface area contributed by atoms with Crippen LogP contribution in [0.2, 0.25) is 0 Å². The summed E-state index contributed by atoms with van der Waals surface area (Å²) in [4.78, 5) is 22.2. The minimum absolute atomic E-state index is 0.00713. The van der Waals surface area contributed by atoms with Crippen molar-refractivity contribution >= 4 is 12.0 Å². The summed E-state index contributed by atoms with van der Waals surface area (Å²) in [5, 5.41) is 14.3. The number of rotatable bonds is 8. The fourth-order valence-electron chi connectivity index (χ4n) is 1.75. The minimum atomic E-state index is -0.815. The molecule has 2 amide bonds. The molecule has 0 rings (SSSR count). The van der Waals surface area contributed by atoms with Crippen molar-refractivity contribution in [3.8, 4) is 0 Å². The maximum absolute atomic E-state index is 11.5. The van der Waals surface area contributed by atoms with E-state index in [2.05, 4.69) is 10.6 Å². The van der Waals surface area contributed by atoms with E-state index in [9.17, 15) is 9.59 Å². The summed E-state index contributed by atoms with van der Waals surface area (Å²) in [6.07, 6.45) is 0.902. The van der Waals surface area contributed by atoms with Gasteiger partial charge >= 0.3 is 12.0 Å². The van der Waals surface area contributed by atoms with Gasteiger partial charge < -0.3 is 15.7 Å². The summed E-state index contributed by atoms with van der Waals surface area (Å²) in [5.41, 5.74) is 0. The Hall–Kier alpha value is -1.26. The van der Waals surface area contributed by atoms with E-state index in [0.29, 0.717) is 24.9 Å². The second-order valence-electron chi connectivity index (χ2n) is 5.58. The lowest BCUT2D eigenvalue weighted by Gasteiger charge is -2.18. The molecule has 0 aromatic heterocycles. The molecule has 0 spiro atoms. The molecule has 0 aromatic carbocycles. The number of urea groups is 1. The van der Waals surface area contributed by atoms with Gasteiger partial charge in [0.1, 0.15) is 0 Å².